The van der Waals surface area contributed by atoms with Gasteiger partial charge >= 0.3 is 0 Å². The lowest BCUT2D eigenvalue weighted by atomic mass is 10.1. The van der Waals surface area contributed by atoms with E-state index in [1.807, 2.05) is 122 Å². The van der Waals surface area contributed by atoms with Gasteiger partial charge in [0.25, 0.3) is 0 Å². The summed E-state index contributed by atoms with van der Waals surface area (Å²) in [5, 5.41) is 7.77. The highest BCUT2D eigenvalue weighted by Crippen LogP contribution is 2.27. The Bertz CT molecular complexity index is 2560. The van der Waals surface area contributed by atoms with Crippen molar-refractivity contribution in [1.29, 1.82) is 0 Å². The van der Waals surface area contributed by atoms with Crippen LogP contribution in [0.1, 0.15) is 29.2 Å². The van der Waals surface area contributed by atoms with E-state index in [1.165, 1.54) is 49.4 Å². The van der Waals surface area contributed by atoms with Crippen molar-refractivity contribution < 1.29 is 9.26 Å². The summed E-state index contributed by atoms with van der Waals surface area (Å²) in [6.45, 7) is 12.0. The summed E-state index contributed by atoms with van der Waals surface area (Å²) in [4.78, 5) is 0. The number of aromatic amines is 1. The zero-order valence-electron chi connectivity index (χ0n) is 33.2. The molecule has 0 bridgehead atoms. The zero-order chi connectivity index (χ0) is 40.4. The van der Waals surface area contributed by atoms with Crippen LogP contribution in [-0.2, 0) is 0 Å². The van der Waals surface area contributed by atoms with Crippen LogP contribution in [0.2, 0.25) is 0 Å². The number of fused-ring (bicyclic) bond motifs is 3. The Balaban J connectivity index is 0.000000138. The number of anilines is 2. The van der Waals surface area contributed by atoms with E-state index in [4.69, 9.17) is 20.7 Å². The van der Waals surface area contributed by atoms with E-state index >= 15 is 0 Å². The van der Waals surface area contributed by atoms with Crippen LogP contribution in [0, 0.1) is 20.8 Å². The number of H-pyrrole nitrogens is 1. The van der Waals surface area contributed by atoms with Gasteiger partial charge in [-0.05, 0) is 114 Å². The number of hydrogen-bond acceptors (Lipinski definition) is 4. The fourth-order valence-electron chi connectivity index (χ4n) is 5.76. The third-order valence-corrected chi connectivity index (χ3v) is 8.81. The van der Waals surface area contributed by atoms with E-state index in [9.17, 15) is 0 Å². The number of nitrogens with two attached hydrogens (primary N) is 2. The highest BCUT2D eigenvalue weighted by Gasteiger charge is 2.00. The lowest BCUT2D eigenvalue weighted by molar-refractivity contribution is 0.424. The molecule has 5 heteroatoms. The molecule has 5 N–H and O–H groups in total. The molecule has 0 aliphatic rings. The number of benzene rings is 8. The molecule has 0 fully saturated rings. The molecule has 5 nitrogen and oxygen atoms in total. The molecule has 0 saturated heterocycles. The van der Waals surface area contributed by atoms with Crippen molar-refractivity contribution in [1.82, 2.24) is 5.16 Å². The number of hydrogen-bond donors (Lipinski definition) is 3. The molecule has 0 unspecified atom stereocenters. The molecule has 8 aromatic carbocycles. The fraction of sp³-hybridized carbons (Fsp3) is 0.0769. The minimum atomic E-state index is 0.652. The van der Waals surface area contributed by atoms with Crippen LogP contribution < -0.4 is 16.2 Å². The first kappa shape index (κ1) is 40.9. The van der Waals surface area contributed by atoms with Crippen molar-refractivity contribution in [2.75, 3.05) is 11.5 Å². The summed E-state index contributed by atoms with van der Waals surface area (Å²) in [5.41, 5.74) is 21.2. The molecule has 0 amide bonds. The second-order valence-corrected chi connectivity index (χ2v) is 13.6. The van der Waals surface area contributed by atoms with Gasteiger partial charge in [-0.25, -0.2) is 5.16 Å². The number of nitrogens with one attached hydrogen (secondary N) is 1. The van der Waals surface area contributed by atoms with E-state index in [0.29, 0.717) is 11.4 Å². The van der Waals surface area contributed by atoms with Crippen molar-refractivity contribution in [3.63, 3.8) is 0 Å². The van der Waals surface area contributed by atoms with Gasteiger partial charge in [-0.3, -0.25) is 0 Å². The Hall–Kier alpha value is -7.24. The fourth-order valence-corrected chi connectivity index (χ4v) is 5.76. The molecule has 0 radical (unpaired) electrons. The zero-order valence-corrected chi connectivity index (χ0v) is 33.2. The smallest absolute Gasteiger partial charge is 0.181 e. The average molecular weight is 750 g/mol. The number of allylic oxidation sites excluding steroid dienone is 3. The standard InChI is InChI=1S/C13H13NO.C12H14.C11H10.C10H9N.C6H5NO/c1-10-5-4-6-11(9-10)15-13-8-3-2-7-12(13)14;1-4-6-11(3)12-8-5-7-10(2)9-12;1-9-6-7-10-4-2-3-5-11(10)8-9;11-10-6-5-8-3-1-2-4-9(8)7-10;1-2-4-6-5(3-1)7-8-6/h2-9H,14H2,1H3;4-9H,1H2,2-3H3;2-8H,1H3;1-7H,11H2;1-4,7H/b;11-6+;;;. The van der Waals surface area contributed by atoms with E-state index in [-0.39, 0.29) is 0 Å². The predicted octanol–water partition coefficient (Wildman–Crippen LogP) is 14.3. The number of aromatic nitrogens is 1. The minimum absolute atomic E-state index is 0.652. The molecule has 1 aromatic heterocycles. The normalized spacial score (nSPS) is 10.4. The van der Waals surface area contributed by atoms with Crippen LogP contribution in [0.4, 0.5) is 11.4 Å². The van der Waals surface area contributed by atoms with E-state index in [2.05, 4.69) is 111 Å². The van der Waals surface area contributed by atoms with Crippen LogP contribution in [0.3, 0.4) is 0 Å². The second-order valence-electron chi connectivity index (χ2n) is 13.6. The number of para-hydroxylation sites is 4. The van der Waals surface area contributed by atoms with Gasteiger partial charge in [-0.1, -0.05) is 163 Å². The van der Waals surface area contributed by atoms with Crippen LogP contribution >= 0.6 is 0 Å². The van der Waals surface area contributed by atoms with E-state index in [1.54, 1.807) is 0 Å². The first-order valence-electron chi connectivity index (χ1n) is 18.9. The monoisotopic (exact) mass is 749 g/mol. The summed E-state index contributed by atoms with van der Waals surface area (Å²) < 4.78 is 10.5. The molecule has 1 heterocycles. The Morgan fingerprint density at radius 3 is 1.74 bits per heavy atom. The molecular formula is C52H51N3O2. The van der Waals surface area contributed by atoms with Crippen molar-refractivity contribution >= 4 is 49.6 Å². The second kappa shape index (κ2) is 21.0. The molecule has 0 spiro atoms. The van der Waals surface area contributed by atoms with Gasteiger partial charge in [0.05, 0.1) is 5.69 Å². The topological polar surface area (TPSA) is 90.2 Å². The first-order valence-corrected chi connectivity index (χ1v) is 18.9. The number of aryl methyl sites for hydroxylation is 3. The third-order valence-electron chi connectivity index (χ3n) is 8.81. The van der Waals surface area contributed by atoms with Crippen LogP contribution in [0.15, 0.2) is 205 Å². The maximum absolute atomic E-state index is 5.78. The molecule has 57 heavy (non-hydrogen) atoms. The Labute approximate surface area is 336 Å². The van der Waals surface area contributed by atoms with Gasteiger partial charge < -0.3 is 20.7 Å². The van der Waals surface area contributed by atoms with Crippen LogP contribution in [-0.4, -0.2) is 5.16 Å². The lowest BCUT2D eigenvalue weighted by Crippen LogP contribution is -1.91. The average Bonchev–Trinajstić information content (AvgIpc) is 3.20. The number of nitrogen functional groups attached to an aromatic ring is 2. The van der Waals surface area contributed by atoms with Crippen molar-refractivity contribution in [3.8, 4) is 11.5 Å². The maximum Gasteiger partial charge on any atom is 0.181 e. The molecule has 0 atom stereocenters. The molecular weight excluding hydrogens is 699 g/mol. The van der Waals surface area contributed by atoms with E-state index in [0.717, 1.165) is 22.5 Å². The summed E-state index contributed by atoms with van der Waals surface area (Å²) in [7, 11) is 0. The summed E-state index contributed by atoms with van der Waals surface area (Å²) >= 11 is 0. The highest BCUT2D eigenvalue weighted by atomic mass is 16.5. The molecule has 286 valence electrons. The Morgan fingerprint density at radius 2 is 1.14 bits per heavy atom. The van der Waals surface area contributed by atoms with Crippen molar-refractivity contribution in [2.45, 2.75) is 27.7 Å². The summed E-state index contributed by atoms with van der Waals surface area (Å²) in [6.07, 6.45) is 3.84. The Morgan fingerprint density at radius 1 is 0.561 bits per heavy atom. The van der Waals surface area contributed by atoms with E-state index < -0.39 is 0 Å². The van der Waals surface area contributed by atoms with Crippen LogP contribution in [0.5, 0.6) is 11.5 Å². The molecule has 0 aliphatic carbocycles. The molecule has 9 aromatic rings. The summed E-state index contributed by atoms with van der Waals surface area (Å²) in [6, 6.07) is 60.7. The molecule has 0 saturated carbocycles. The molecule has 0 aliphatic heterocycles. The van der Waals surface area contributed by atoms with Gasteiger partial charge in [-0.15, -0.1) is 0 Å². The summed E-state index contributed by atoms with van der Waals surface area (Å²) in [5.74, 6) is 1.51. The van der Waals surface area contributed by atoms with Crippen molar-refractivity contribution in [3.05, 3.63) is 223 Å². The van der Waals surface area contributed by atoms with Gasteiger partial charge in [0.2, 0.25) is 0 Å². The quantitative estimate of drug-likeness (QED) is 0.123. The Kier molecular flexibility index (Phi) is 15.1. The van der Waals surface area contributed by atoms with Gasteiger partial charge in [0, 0.05) is 5.69 Å². The predicted molar refractivity (Wildman–Crippen MR) is 245 cm³/mol. The van der Waals surface area contributed by atoms with Gasteiger partial charge in [-0.2, -0.15) is 0 Å². The first-order chi connectivity index (χ1) is 27.7. The minimum Gasteiger partial charge on any atom is -0.455 e. The largest absolute Gasteiger partial charge is 0.455 e. The van der Waals surface area contributed by atoms with Crippen molar-refractivity contribution in [2.24, 2.45) is 0 Å². The van der Waals surface area contributed by atoms with Gasteiger partial charge in [0.15, 0.2) is 5.58 Å². The van der Waals surface area contributed by atoms with Crippen LogP contribution in [0.25, 0.3) is 38.2 Å². The number of ether oxygens (including phenoxy) is 1. The lowest BCUT2D eigenvalue weighted by Gasteiger charge is -2.08. The maximum atomic E-state index is 5.78. The third kappa shape index (κ3) is 12.9. The molecule has 9 rings (SSSR count). The highest BCUT2D eigenvalue weighted by molar-refractivity contribution is 5.85. The van der Waals surface area contributed by atoms with Gasteiger partial charge in [0.1, 0.15) is 17.0 Å². The number of rotatable bonds is 4. The SMILES string of the molecule is C=C/C=C(\C)c1cccc(C)c1.Cc1ccc2ccccc2c1.Cc1cccc(Oc2ccccc2N)c1.Nc1ccc2ccccc2c1.c1ccc2o[nH]c2c1.